The fourth-order valence-corrected chi connectivity index (χ4v) is 4.96. The van der Waals surface area contributed by atoms with Crippen LogP contribution in [0.4, 0.5) is 5.69 Å². The molecular formula is C18H20N2O. The zero-order valence-electron chi connectivity index (χ0n) is 12.1. The van der Waals surface area contributed by atoms with Crippen molar-refractivity contribution in [3.8, 4) is 0 Å². The van der Waals surface area contributed by atoms with Crippen molar-refractivity contribution in [3.05, 3.63) is 55.1 Å². The van der Waals surface area contributed by atoms with Gasteiger partial charge in [0.05, 0.1) is 5.92 Å². The van der Waals surface area contributed by atoms with Gasteiger partial charge in [-0.05, 0) is 31.0 Å². The molecule has 0 bridgehead atoms. The van der Waals surface area contributed by atoms with Crippen LogP contribution in [-0.2, 0) is 10.2 Å². The number of rotatable bonds is 2. The maximum Gasteiger partial charge on any atom is 0.228 e. The van der Waals surface area contributed by atoms with Crippen LogP contribution in [0.25, 0.3) is 0 Å². The Balaban J connectivity index is 1.99. The van der Waals surface area contributed by atoms with Gasteiger partial charge in [0.15, 0.2) is 0 Å². The second kappa shape index (κ2) is 4.08. The quantitative estimate of drug-likeness (QED) is 0.818. The van der Waals surface area contributed by atoms with Crippen molar-refractivity contribution in [2.75, 3.05) is 11.9 Å². The molecule has 0 unspecified atom stereocenters. The van der Waals surface area contributed by atoms with Crippen LogP contribution >= 0.6 is 0 Å². The molecule has 1 aromatic carbocycles. The Bertz CT molecular complexity index is 642. The molecule has 2 heterocycles. The number of para-hydroxylation sites is 1. The summed E-state index contributed by atoms with van der Waals surface area (Å²) in [6.07, 6.45) is 5.76. The van der Waals surface area contributed by atoms with Gasteiger partial charge in [-0.3, -0.25) is 4.79 Å². The summed E-state index contributed by atoms with van der Waals surface area (Å²) in [5.41, 5.74) is 1.91. The molecule has 2 N–H and O–H groups in total. The van der Waals surface area contributed by atoms with Crippen molar-refractivity contribution in [3.63, 3.8) is 0 Å². The first-order valence-electron chi connectivity index (χ1n) is 7.59. The highest BCUT2D eigenvalue weighted by Crippen LogP contribution is 2.62. The Labute approximate surface area is 125 Å². The van der Waals surface area contributed by atoms with Crippen molar-refractivity contribution in [2.24, 2.45) is 11.3 Å². The molecule has 1 saturated carbocycles. The average molecular weight is 280 g/mol. The van der Waals surface area contributed by atoms with Gasteiger partial charge in [-0.1, -0.05) is 30.4 Å². The van der Waals surface area contributed by atoms with E-state index in [1.807, 2.05) is 24.3 Å². The lowest BCUT2D eigenvalue weighted by Gasteiger charge is -2.41. The van der Waals surface area contributed by atoms with E-state index in [-0.39, 0.29) is 28.7 Å². The second-order valence-electron chi connectivity index (χ2n) is 6.49. The first-order valence-corrected chi connectivity index (χ1v) is 7.59. The minimum Gasteiger partial charge on any atom is -0.326 e. The van der Waals surface area contributed by atoms with Gasteiger partial charge in [-0.25, -0.2) is 0 Å². The molecular weight excluding hydrogens is 260 g/mol. The largest absolute Gasteiger partial charge is 0.326 e. The summed E-state index contributed by atoms with van der Waals surface area (Å²) in [5, 5.41) is 6.73. The van der Waals surface area contributed by atoms with Gasteiger partial charge < -0.3 is 10.6 Å². The molecule has 0 radical (unpaired) electrons. The molecule has 3 atom stereocenters. The first kappa shape index (κ1) is 12.8. The van der Waals surface area contributed by atoms with Gasteiger partial charge in [0.2, 0.25) is 5.91 Å². The van der Waals surface area contributed by atoms with E-state index in [9.17, 15) is 4.79 Å². The van der Waals surface area contributed by atoms with E-state index in [0.29, 0.717) is 0 Å². The number of benzene rings is 1. The summed E-state index contributed by atoms with van der Waals surface area (Å²) in [5.74, 6) is 0.136. The lowest BCUT2D eigenvalue weighted by molar-refractivity contribution is -0.122. The summed E-state index contributed by atoms with van der Waals surface area (Å²) in [4.78, 5) is 12.7. The SMILES string of the molecule is C=CC1(C=C)C[C@H]2C(=O)Nc3ccccc3[C@@]23CCN[C@@H]13. The van der Waals surface area contributed by atoms with Crippen LogP contribution < -0.4 is 10.6 Å². The number of anilines is 1. The van der Waals surface area contributed by atoms with Crippen molar-refractivity contribution in [1.82, 2.24) is 5.32 Å². The van der Waals surface area contributed by atoms with Gasteiger partial charge in [-0.15, -0.1) is 13.2 Å². The molecule has 1 spiro atoms. The van der Waals surface area contributed by atoms with Crippen molar-refractivity contribution < 1.29 is 4.79 Å². The molecule has 21 heavy (non-hydrogen) atoms. The Hall–Kier alpha value is -1.87. The molecule has 4 rings (SSSR count). The number of fused-ring (bicyclic) bond motifs is 1. The minimum absolute atomic E-state index is 0.0107. The maximum absolute atomic E-state index is 12.7. The Morgan fingerprint density at radius 3 is 2.76 bits per heavy atom. The van der Waals surface area contributed by atoms with Crippen LogP contribution in [-0.4, -0.2) is 18.5 Å². The van der Waals surface area contributed by atoms with Crippen molar-refractivity contribution in [2.45, 2.75) is 24.3 Å². The molecule has 108 valence electrons. The molecule has 2 aliphatic heterocycles. The molecule has 1 saturated heterocycles. The number of carbonyl (C=O) groups is 1. The van der Waals surface area contributed by atoms with Gasteiger partial charge >= 0.3 is 0 Å². The second-order valence-corrected chi connectivity index (χ2v) is 6.49. The summed E-state index contributed by atoms with van der Waals surface area (Å²) in [6, 6.07) is 8.44. The van der Waals surface area contributed by atoms with Crippen molar-refractivity contribution >= 4 is 11.6 Å². The standard InChI is InChI=1S/C18H20N2O/c1-3-17(4-2)11-13-15(21)20-14-8-6-5-7-12(14)18(13)9-10-19-16(17)18/h3-8,13,16,19H,1-2,9-11H2,(H,20,21)/t13-,16-,18-/m0/s1. The van der Waals surface area contributed by atoms with E-state index in [4.69, 9.17) is 0 Å². The molecule has 3 nitrogen and oxygen atoms in total. The van der Waals surface area contributed by atoms with Gasteiger partial charge in [0, 0.05) is 22.6 Å². The Morgan fingerprint density at radius 1 is 1.24 bits per heavy atom. The lowest BCUT2D eigenvalue weighted by atomic mass is 9.65. The van der Waals surface area contributed by atoms with E-state index in [0.717, 1.165) is 25.1 Å². The topological polar surface area (TPSA) is 41.1 Å². The fourth-order valence-electron chi connectivity index (χ4n) is 4.96. The summed E-state index contributed by atoms with van der Waals surface area (Å²) in [6.45, 7) is 9.01. The molecule has 1 aliphatic carbocycles. The minimum atomic E-state index is -0.212. The van der Waals surface area contributed by atoms with Crippen LogP contribution in [0.5, 0.6) is 0 Å². The number of carbonyl (C=O) groups excluding carboxylic acids is 1. The maximum atomic E-state index is 12.7. The van der Waals surface area contributed by atoms with Crippen LogP contribution in [0.2, 0.25) is 0 Å². The fraction of sp³-hybridized carbons (Fsp3) is 0.389. The summed E-state index contributed by atoms with van der Waals surface area (Å²) >= 11 is 0. The van der Waals surface area contributed by atoms with Crippen LogP contribution in [0.15, 0.2) is 49.6 Å². The summed E-state index contributed by atoms with van der Waals surface area (Å²) in [7, 11) is 0. The summed E-state index contributed by atoms with van der Waals surface area (Å²) < 4.78 is 0. The molecule has 3 heteroatoms. The predicted octanol–water partition coefficient (Wildman–Crippen LogP) is 2.62. The van der Waals surface area contributed by atoms with E-state index >= 15 is 0 Å². The van der Waals surface area contributed by atoms with Crippen molar-refractivity contribution in [1.29, 1.82) is 0 Å². The van der Waals surface area contributed by atoms with Crippen LogP contribution in [0.1, 0.15) is 18.4 Å². The smallest absolute Gasteiger partial charge is 0.228 e. The Kier molecular flexibility index (Phi) is 2.49. The molecule has 1 amide bonds. The monoisotopic (exact) mass is 280 g/mol. The third-order valence-corrected chi connectivity index (χ3v) is 5.88. The highest BCUT2D eigenvalue weighted by atomic mass is 16.2. The molecule has 2 fully saturated rings. The van der Waals surface area contributed by atoms with Crippen LogP contribution in [0.3, 0.4) is 0 Å². The Morgan fingerprint density at radius 2 is 2.00 bits per heavy atom. The zero-order valence-corrected chi connectivity index (χ0v) is 12.1. The van der Waals surface area contributed by atoms with Gasteiger partial charge in [0.1, 0.15) is 0 Å². The van der Waals surface area contributed by atoms with Gasteiger partial charge in [0.25, 0.3) is 0 Å². The first-order chi connectivity index (χ1) is 10.2. The highest BCUT2D eigenvalue weighted by molar-refractivity contribution is 5.98. The average Bonchev–Trinajstić information content (AvgIpc) is 3.04. The normalized spacial score (nSPS) is 35.3. The molecule has 0 aromatic heterocycles. The number of hydrogen-bond donors (Lipinski definition) is 2. The van der Waals surface area contributed by atoms with E-state index in [1.165, 1.54) is 5.56 Å². The number of amides is 1. The number of hydrogen-bond acceptors (Lipinski definition) is 2. The van der Waals surface area contributed by atoms with E-state index in [2.05, 4.69) is 35.9 Å². The lowest BCUT2D eigenvalue weighted by Crippen LogP contribution is -2.50. The third-order valence-electron chi connectivity index (χ3n) is 5.88. The predicted molar refractivity (Wildman–Crippen MR) is 84.1 cm³/mol. The highest BCUT2D eigenvalue weighted by Gasteiger charge is 2.66. The molecule has 3 aliphatic rings. The number of nitrogens with one attached hydrogen (secondary N) is 2. The van der Waals surface area contributed by atoms with Gasteiger partial charge in [-0.2, -0.15) is 0 Å². The van der Waals surface area contributed by atoms with E-state index in [1.54, 1.807) is 0 Å². The van der Waals surface area contributed by atoms with E-state index < -0.39 is 0 Å². The zero-order chi connectivity index (χ0) is 14.7. The molecule has 1 aromatic rings. The van der Waals surface area contributed by atoms with Crippen LogP contribution in [0, 0.1) is 11.3 Å². The third kappa shape index (κ3) is 1.35.